The fourth-order valence-electron chi connectivity index (χ4n) is 1.87. The molecule has 1 amide bonds. The zero-order valence-corrected chi connectivity index (χ0v) is 15.8. The molecule has 24 heavy (non-hydrogen) atoms. The van der Waals surface area contributed by atoms with Crippen LogP contribution < -0.4 is 5.32 Å². The number of hydrogen-bond donors (Lipinski definition) is 1. The molecule has 0 aliphatic heterocycles. The van der Waals surface area contributed by atoms with E-state index in [-0.39, 0.29) is 15.5 Å². The third-order valence-corrected chi connectivity index (χ3v) is 5.98. The smallest absolute Gasteiger partial charge is 0.331 e. The first kappa shape index (κ1) is 20.4. The highest BCUT2D eigenvalue weighted by atomic mass is 35.5. The van der Waals surface area contributed by atoms with Crippen molar-refractivity contribution in [3.63, 3.8) is 0 Å². The van der Waals surface area contributed by atoms with Gasteiger partial charge in [0.25, 0.3) is 5.91 Å². The standard InChI is InChI=1S/C15H21ClN2O5S/c1-6-15(2,14(20)23-5)17-13(19)10-7-8-11(16)12(9-10)24(21,22)18(3)4/h7-9H,6H2,1-5H3,(H,17,19). The Bertz CT molecular complexity index is 748. The van der Waals surface area contributed by atoms with E-state index >= 15 is 0 Å². The SMILES string of the molecule is CCC(C)(NC(=O)c1ccc(Cl)c(S(=O)(=O)N(C)C)c1)C(=O)OC. The van der Waals surface area contributed by atoms with E-state index in [1.165, 1.54) is 46.3 Å². The number of carbonyl (C=O) groups excluding carboxylic acids is 2. The Morgan fingerprint density at radius 3 is 2.38 bits per heavy atom. The lowest BCUT2D eigenvalue weighted by molar-refractivity contribution is -0.147. The van der Waals surface area contributed by atoms with Crippen LogP contribution in [-0.4, -0.2) is 51.3 Å². The summed E-state index contributed by atoms with van der Waals surface area (Å²) in [5, 5.41) is 2.58. The van der Waals surface area contributed by atoms with E-state index < -0.39 is 27.4 Å². The van der Waals surface area contributed by atoms with E-state index in [2.05, 4.69) is 5.32 Å². The van der Waals surface area contributed by atoms with Crippen LogP contribution in [0.15, 0.2) is 23.1 Å². The predicted octanol–water partition coefficient (Wildman–Crippen LogP) is 1.66. The minimum Gasteiger partial charge on any atom is -0.467 e. The molecule has 7 nitrogen and oxygen atoms in total. The third kappa shape index (κ3) is 4.06. The molecule has 0 radical (unpaired) electrons. The molecular weight excluding hydrogens is 356 g/mol. The Balaban J connectivity index is 3.25. The van der Waals surface area contributed by atoms with Crippen LogP contribution >= 0.6 is 11.6 Å². The Labute approximate surface area is 147 Å². The van der Waals surface area contributed by atoms with Crippen LogP contribution in [0.25, 0.3) is 0 Å². The molecule has 1 atom stereocenters. The van der Waals surface area contributed by atoms with E-state index in [1.54, 1.807) is 6.92 Å². The lowest BCUT2D eigenvalue weighted by Crippen LogP contribution is -2.52. The van der Waals surface area contributed by atoms with Gasteiger partial charge in [0.15, 0.2) is 0 Å². The van der Waals surface area contributed by atoms with Gasteiger partial charge in [-0.3, -0.25) is 4.79 Å². The average molecular weight is 377 g/mol. The predicted molar refractivity (Wildman–Crippen MR) is 90.5 cm³/mol. The number of ether oxygens (including phenoxy) is 1. The zero-order valence-electron chi connectivity index (χ0n) is 14.2. The van der Waals surface area contributed by atoms with Gasteiger partial charge in [-0.1, -0.05) is 18.5 Å². The first-order chi connectivity index (χ1) is 11.0. The summed E-state index contributed by atoms with van der Waals surface area (Å²) in [6.07, 6.45) is 0.307. The number of halogens is 1. The molecule has 0 spiro atoms. The van der Waals surface area contributed by atoms with Crippen LogP contribution in [0, 0.1) is 0 Å². The molecule has 0 aromatic heterocycles. The second-order valence-corrected chi connectivity index (χ2v) is 8.09. The maximum atomic E-state index is 12.4. The van der Waals surface area contributed by atoms with E-state index in [0.717, 1.165) is 4.31 Å². The summed E-state index contributed by atoms with van der Waals surface area (Å²) < 4.78 is 30.2. The molecule has 1 aromatic rings. The third-order valence-electron chi connectivity index (χ3n) is 3.68. The van der Waals surface area contributed by atoms with Crippen molar-refractivity contribution in [2.45, 2.75) is 30.7 Å². The number of benzene rings is 1. The number of amides is 1. The van der Waals surface area contributed by atoms with Crippen molar-refractivity contribution in [2.75, 3.05) is 21.2 Å². The summed E-state index contributed by atoms with van der Waals surface area (Å²) in [7, 11) is 0.154. The van der Waals surface area contributed by atoms with Gasteiger partial charge in [0, 0.05) is 19.7 Å². The molecular formula is C15H21ClN2O5S. The van der Waals surface area contributed by atoms with Crippen LogP contribution in [0.3, 0.4) is 0 Å². The number of nitrogens with one attached hydrogen (secondary N) is 1. The fourth-order valence-corrected chi connectivity index (χ4v) is 3.26. The van der Waals surface area contributed by atoms with Gasteiger partial charge in [-0.05, 0) is 31.5 Å². The Morgan fingerprint density at radius 2 is 1.92 bits per heavy atom. The summed E-state index contributed by atoms with van der Waals surface area (Å²) >= 11 is 5.95. The summed E-state index contributed by atoms with van der Waals surface area (Å²) in [6.45, 7) is 3.26. The van der Waals surface area contributed by atoms with Crippen molar-refractivity contribution in [2.24, 2.45) is 0 Å². The number of rotatable bonds is 6. The van der Waals surface area contributed by atoms with Crippen LogP contribution in [0.4, 0.5) is 0 Å². The van der Waals surface area contributed by atoms with Gasteiger partial charge >= 0.3 is 5.97 Å². The van der Waals surface area contributed by atoms with Crippen molar-refractivity contribution in [1.29, 1.82) is 0 Å². The first-order valence-electron chi connectivity index (χ1n) is 7.12. The first-order valence-corrected chi connectivity index (χ1v) is 8.94. The fraction of sp³-hybridized carbons (Fsp3) is 0.467. The number of methoxy groups -OCH3 is 1. The largest absolute Gasteiger partial charge is 0.467 e. The van der Waals surface area contributed by atoms with Crippen molar-refractivity contribution in [3.05, 3.63) is 28.8 Å². The molecule has 0 fully saturated rings. The van der Waals surface area contributed by atoms with Crippen LogP contribution in [0.5, 0.6) is 0 Å². The molecule has 0 heterocycles. The van der Waals surface area contributed by atoms with Crippen LogP contribution in [0.1, 0.15) is 30.6 Å². The normalized spacial score (nSPS) is 14.1. The maximum absolute atomic E-state index is 12.4. The van der Waals surface area contributed by atoms with Gasteiger partial charge in [-0.15, -0.1) is 0 Å². The molecule has 134 valence electrons. The molecule has 0 saturated carbocycles. The van der Waals surface area contributed by atoms with Crippen molar-refractivity contribution in [1.82, 2.24) is 9.62 Å². The van der Waals surface area contributed by atoms with Gasteiger partial charge in [-0.2, -0.15) is 0 Å². The molecule has 0 saturated heterocycles. The molecule has 1 aromatic carbocycles. The molecule has 9 heteroatoms. The molecule has 0 bridgehead atoms. The number of sulfonamides is 1. The number of nitrogens with zero attached hydrogens (tertiary/aromatic N) is 1. The van der Waals surface area contributed by atoms with Crippen molar-refractivity contribution >= 4 is 33.5 Å². The second-order valence-electron chi connectivity index (χ2n) is 5.56. The number of esters is 1. The monoisotopic (exact) mass is 376 g/mol. The van der Waals surface area contributed by atoms with Gasteiger partial charge < -0.3 is 10.1 Å². The molecule has 1 rings (SSSR count). The van der Waals surface area contributed by atoms with E-state index in [4.69, 9.17) is 16.3 Å². The van der Waals surface area contributed by atoms with Gasteiger partial charge in [0.05, 0.1) is 12.1 Å². The van der Waals surface area contributed by atoms with E-state index in [9.17, 15) is 18.0 Å². The van der Waals surface area contributed by atoms with E-state index in [0.29, 0.717) is 6.42 Å². The quantitative estimate of drug-likeness (QED) is 0.762. The highest BCUT2D eigenvalue weighted by Crippen LogP contribution is 2.25. The van der Waals surface area contributed by atoms with Crippen molar-refractivity contribution < 1.29 is 22.7 Å². The lowest BCUT2D eigenvalue weighted by atomic mass is 9.98. The maximum Gasteiger partial charge on any atom is 0.331 e. The van der Waals surface area contributed by atoms with E-state index in [1.807, 2.05) is 0 Å². The summed E-state index contributed by atoms with van der Waals surface area (Å²) in [4.78, 5) is 24.1. The number of hydrogen-bond acceptors (Lipinski definition) is 5. The molecule has 1 unspecified atom stereocenters. The lowest BCUT2D eigenvalue weighted by Gasteiger charge is -2.26. The summed E-state index contributed by atoms with van der Waals surface area (Å²) in [5.74, 6) is -1.19. The van der Waals surface area contributed by atoms with Gasteiger partial charge in [-0.25, -0.2) is 17.5 Å². The molecule has 0 aliphatic carbocycles. The zero-order chi connectivity index (χ0) is 18.7. The van der Waals surface area contributed by atoms with Crippen LogP contribution in [-0.2, 0) is 19.6 Å². The highest BCUT2D eigenvalue weighted by Gasteiger charge is 2.34. The summed E-state index contributed by atoms with van der Waals surface area (Å²) in [6, 6.07) is 3.90. The van der Waals surface area contributed by atoms with Gasteiger partial charge in [0.1, 0.15) is 10.4 Å². The minimum atomic E-state index is -3.80. The van der Waals surface area contributed by atoms with Gasteiger partial charge in [0.2, 0.25) is 10.0 Å². The molecule has 0 aliphatic rings. The Hall–Kier alpha value is -1.64. The molecule has 1 N–H and O–H groups in total. The topological polar surface area (TPSA) is 92.8 Å². The second kappa shape index (κ2) is 7.50. The minimum absolute atomic E-state index is 0.00599. The highest BCUT2D eigenvalue weighted by molar-refractivity contribution is 7.89. The Kier molecular flexibility index (Phi) is 6.38. The summed E-state index contributed by atoms with van der Waals surface area (Å²) in [5.41, 5.74) is -1.14. The Morgan fingerprint density at radius 1 is 1.33 bits per heavy atom. The average Bonchev–Trinajstić information content (AvgIpc) is 2.53. The number of carbonyl (C=O) groups is 2. The van der Waals surface area contributed by atoms with Crippen LogP contribution in [0.2, 0.25) is 5.02 Å². The van der Waals surface area contributed by atoms with Crippen molar-refractivity contribution in [3.8, 4) is 0 Å².